The summed E-state index contributed by atoms with van der Waals surface area (Å²) in [6.45, 7) is 0. The molecule has 0 saturated carbocycles. The lowest BCUT2D eigenvalue weighted by Gasteiger charge is -2.48. The number of nitrogens with one attached hydrogen (secondary N) is 1. The molecular weight excluding hydrogens is 346 g/mol. The maximum Gasteiger partial charge on any atom is 0.352 e. The number of fused-ring (bicyclic) bond motifs is 1. The number of benzene rings is 1. The molecule has 0 aliphatic carbocycles. The Kier molecular flexibility index (Phi) is 4.64. The number of amides is 2. The number of hydrogen-bond donors (Lipinski definition) is 2. The molecule has 2 amide bonds. The highest BCUT2D eigenvalue weighted by molar-refractivity contribution is 8.00. The van der Waals surface area contributed by atoms with Gasteiger partial charge in [0.25, 0.3) is 5.91 Å². The average molecular weight is 359 g/mol. The van der Waals surface area contributed by atoms with Crippen LogP contribution in [0, 0.1) is 0 Å². The van der Waals surface area contributed by atoms with Crippen LogP contribution in [-0.4, -0.2) is 45.0 Å². The second kappa shape index (κ2) is 6.88. The molecule has 0 bridgehead atoms. The minimum Gasteiger partial charge on any atom is -0.477 e. The van der Waals surface area contributed by atoms with Crippen molar-refractivity contribution in [2.45, 2.75) is 17.5 Å². The molecule has 0 radical (unpaired) electrons. The Balaban J connectivity index is 1.75. The summed E-state index contributed by atoms with van der Waals surface area (Å²) in [6.07, 6.45) is 1.46. The molecule has 2 aliphatic heterocycles. The quantitative estimate of drug-likeness (QED) is 0.354. The Morgan fingerprint density at radius 3 is 2.76 bits per heavy atom. The van der Waals surface area contributed by atoms with E-state index in [1.54, 1.807) is 30.3 Å². The summed E-state index contributed by atoms with van der Waals surface area (Å²) in [4.78, 5) is 39.8. The Hall–Kier alpha value is -2.97. The molecule has 0 aromatic heterocycles. The number of aliphatic carboxylic acids is 1. The molecule has 1 aromatic carbocycles. The predicted octanol–water partition coefficient (Wildman–Crippen LogP) is 1.41. The van der Waals surface area contributed by atoms with Crippen LogP contribution >= 0.6 is 11.8 Å². The summed E-state index contributed by atoms with van der Waals surface area (Å²) < 4.78 is 0. The van der Waals surface area contributed by atoms with Crippen molar-refractivity contribution in [1.29, 1.82) is 0 Å². The Morgan fingerprint density at radius 2 is 2.12 bits per heavy atom. The van der Waals surface area contributed by atoms with Gasteiger partial charge in [-0.2, -0.15) is 0 Å². The summed E-state index contributed by atoms with van der Waals surface area (Å²) in [5.74, 6) is -1.85. The lowest BCUT2D eigenvalue weighted by atomic mass is 10.0. The second-order valence-electron chi connectivity index (χ2n) is 5.33. The number of β-lactam (4-membered cyclic amide) rings is 1. The lowest BCUT2D eigenvalue weighted by molar-refractivity contribution is -0.150. The van der Waals surface area contributed by atoms with Gasteiger partial charge in [0.15, 0.2) is 0 Å². The van der Waals surface area contributed by atoms with Gasteiger partial charge in [0, 0.05) is 10.7 Å². The summed E-state index contributed by atoms with van der Waals surface area (Å²) in [6, 6.07) is 6.53. The third-order valence-electron chi connectivity index (χ3n) is 3.89. The molecule has 3 unspecified atom stereocenters. The predicted molar refractivity (Wildman–Crippen MR) is 89.1 cm³/mol. The van der Waals surface area contributed by atoms with Crippen molar-refractivity contribution in [2.24, 2.45) is 5.11 Å². The number of nitrogens with zero attached hydrogens (tertiary/aromatic N) is 4. The summed E-state index contributed by atoms with van der Waals surface area (Å²) >= 11 is 1.36. The first kappa shape index (κ1) is 16.9. The summed E-state index contributed by atoms with van der Waals surface area (Å²) in [7, 11) is 0. The molecule has 3 atom stereocenters. The zero-order chi connectivity index (χ0) is 18.0. The van der Waals surface area contributed by atoms with Crippen LogP contribution in [0.25, 0.3) is 10.4 Å². The first-order valence-electron chi connectivity index (χ1n) is 7.32. The van der Waals surface area contributed by atoms with Gasteiger partial charge in [0.1, 0.15) is 23.2 Å². The third kappa shape index (κ3) is 3.04. The van der Waals surface area contributed by atoms with Crippen LogP contribution in [0.3, 0.4) is 0 Å². The first-order chi connectivity index (χ1) is 12.0. The van der Waals surface area contributed by atoms with Crippen LogP contribution in [0.2, 0.25) is 0 Å². The molecule has 25 heavy (non-hydrogen) atoms. The Bertz CT molecular complexity index is 805. The van der Waals surface area contributed by atoms with Gasteiger partial charge >= 0.3 is 5.97 Å². The zero-order valence-electron chi connectivity index (χ0n) is 12.8. The first-order valence-corrected chi connectivity index (χ1v) is 8.37. The van der Waals surface area contributed by atoms with Gasteiger partial charge in [0.2, 0.25) is 5.91 Å². The van der Waals surface area contributed by atoms with E-state index in [0.29, 0.717) is 11.3 Å². The van der Waals surface area contributed by atoms with E-state index in [0.717, 1.165) is 4.90 Å². The van der Waals surface area contributed by atoms with Crippen molar-refractivity contribution in [3.63, 3.8) is 0 Å². The lowest BCUT2D eigenvalue weighted by Crippen LogP contribution is -2.70. The van der Waals surface area contributed by atoms with Crippen LogP contribution in [-0.2, 0) is 14.4 Å². The van der Waals surface area contributed by atoms with E-state index in [4.69, 9.17) is 10.6 Å². The van der Waals surface area contributed by atoms with Gasteiger partial charge in [-0.15, -0.1) is 11.8 Å². The van der Waals surface area contributed by atoms with E-state index < -0.39 is 35.2 Å². The van der Waals surface area contributed by atoms with E-state index >= 15 is 0 Å². The summed E-state index contributed by atoms with van der Waals surface area (Å²) in [5.41, 5.74) is 9.14. The van der Waals surface area contributed by atoms with Crippen LogP contribution in [0.15, 0.2) is 47.2 Å². The maximum absolute atomic E-state index is 12.5. The fourth-order valence-corrected chi connectivity index (χ4v) is 3.92. The molecule has 3 rings (SSSR count). The van der Waals surface area contributed by atoms with Gasteiger partial charge in [0.05, 0.1) is 0 Å². The fourth-order valence-electron chi connectivity index (χ4n) is 2.73. The molecule has 1 fully saturated rings. The molecule has 128 valence electrons. The number of carboxylic acid groups (broad SMARTS) is 1. The minimum atomic E-state index is -1.18. The molecule has 1 saturated heterocycles. The molecule has 1 aromatic rings. The van der Waals surface area contributed by atoms with Crippen molar-refractivity contribution < 1.29 is 19.5 Å². The summed E-state index contributed by atoms with van der Waals surface area (Å²) in [5, 5.41) is 14.7. The van der Waals surface area contributed by atoms with E-state index in [1.165, 1.54) is 17.8 Å². The smallest absolute Gasteiger partial charge is 0.352 e. The topological polar surface area (TPSA) is 135 Å². The third-order valence-corrected chi connectivity index (χ3v) is 5.08. The number of carboxylic acids is 1. The normalized spacial score (nSPS) is 22.6. The number of carbonyl (C=O) groups is 3. The monoisotopic (exact) mass is 359 g/mol. The molecule has 2 aliphatic rings. The number of thioether (sulfide) groups is 1. The largest absolute Gasteiger partial charge is 0.477 e. The van der Waals surface area contributed by atoms with Crippen molar-refractivity contribution in [1.82, 2.24) is 10.2 Å². The molecule has 10 heteroatoms. The number of carbonyl (C=O) groups excluding carboxylic acids is 2. The average Bonchev–Trinajstić information content (AvgIpc) is 2.63. The van der Waals surface area contributed by atoms with Crippen LogP contribution in [0.1, 0.15) is 11.6 Å². The number of azide groups is 1. The van der Waals surface area contributed by atoms with Crippen LogP contribution < -0.4 is 5.32 Å². The van der Waals surface area contributed by atoms with Crippen LogP contribution in [0.4, 0.5) is 0 Å². The zero-order valence-corrected chi connectivity index (χ0v) is 13.6. The molecule has 9 nitrogen and oxygen atoms in total. The highest BCUT2D eigenvalue weighted by atomic mass is 32.2. The van der Waals surface area contributed by atoms with Crippen LogP contribution in [0.5, 0.6) is 0 Å². The van der Waals surface area contributed by atoms with Crippen molar-refractivity contribution >= 4 is 29.5 Å². The van der Waals surface area contributed by atoms with E-state index in [1.807, 2.05) is 0 Å². The number of rotatable bonds is 5. The fraction of sp³-hybridized carbons (Fsp3) is 0.267. The van der Waals surface area contributed by atoms with Gasteiger partial charge in [-0.3, -0.25) is 14.5 Å². The second-order valence-corrected chi connectivity index (χ2v) is 6.48. The maximum atomic E-state index is 12.5. The molecular formula is C15H13N5O4S. The number of hydrogen-bond acceptors (Lipinski definition) is 5. The standard InChI is InChI=1S/C15H13N5O4S/c16-19-18-10(8-4-2-1-3-5-8)12(21)17-11-13(22)20-9(15(23)24)6-7-25-14(11)20/h1-6,10-11,14H,7H2,(H,17,21)(H,23,24). The van der Waals surface area contributed by atoms with E-state index in [-0.39, 0.29) is 5.70 Å². The SMILES string of the molecule is [N-]=[N+]=NC(C(=O)NC1C(=O)N2C(C(=O)O)=CCSC12)c1ccccc1. The van der Waals surface area contributed by atoms with E-state index in [9.17, 15) is 14.4 Å². The Morgan fingerprint density at radius 1 is 1.40 bits per heavy atom. The highest BCUT2D eigenvalue weighted by Gasteiger charge is 2.53. The molecule has 2 heterocycles. The van der Waals surface area contributed by atoms with Crippen molar-refractivity contribution in [3.8, 4) is 0 Å². The Labute approximate surface area is 146 Å². The van der Waals surface area contributed by atoms with Gasteiger partial charge in [-0.25, -0.2) is 4.79 Å². The molecule has 2 N–H and O–H groups in total. The van der Waals surface area contributed by atoms with Gasteiger partial charge in [-0.1, -0.05) is 35.4 Å². The molecule has 0 spiro atoms. The van der Waals surface area contributed by atoms with E-state index in [2.05, 4.69) is 15.3 Å². The van der Waals surface area contributed by atoms with Gasteiger partial charge < -0.3 is 10.4 Å². The van der Waals surface area contributed by atoms with Crippen molar-refractivity contribution in [3.05, 3.63) is 58.1 Å². The minimum absolute atomic E-state index is 0.0751. The van der Waals surface area contributed by atoms with Gasteiger partial charge in [-0.05, 0) is 17.2 Å². The van der Waals surface area contributed by atoms with Crippen molar-refractivity contribution in [2.75, 3.05) is 5.75 Å². The highest BCUT2D eigenvalue weighted by Crippen LogP contribution is 2.37.